The number of nitrogens with one attached hydrogen (secondary N) is 1. The molecule has 0 fully saturated rings. The number of sulfonamides is 1. The first-order valence-electron chi connectivity index (χ1n) is 8.15. The van der Waals surface area contributed by atoms with E-state index in [2.05, 4.69) is 10.3 Å². The minimum Gasteiger partial charge on any atom is -0.365 e. The fourth-order valence-corrected chi connectivity index (χ4v) is 4.09. The smallest absolute Gasteiger partial charge is 0.365 e. The summed E-state index contributed by atoms with van der Waals surface area (Å²) in [6.07, 6.45) is -3.81. The van der Waals surface area contributed by atoms with Crippen molar-refractivity contribution in [1.82, 2.24) is 9.29 Å². The van der Waals surface area contributed by atoms with Crippen LogP contribution in [-0.4, -0.2) is 30.8 Å². The van der Waals surface area contributed by atoms with Crippen LogP contribution < -0.4 is 5.32 Å². The molecular formula is C17H19ClF3N3O2S. The van der Waals surface area contributed by atoms with Gasteiger partial charge in [0.15, 0.2) is 0 Å². The summed E-state index contributed by atoms with van der Waals surface area (Å²) in [5.41, 5.74) is -0.199. The molecule has 0 unspecified atom stereocenters. The first-order chi connectivity index (χ1) is 12.6. The molecule has 5 nitrogen and oxygen atoms in total. The van der Waals surface area contributed by atoms with Crippen molar-refractivity contribution in [3.63, 3.8) is 0 Å². The summed E-state index contributed by atoms with van der Waals surface area (Å²) in [5.74, 6) is 0.115. The molecular weight excluding hydrogens is 403 g/mol. The maximum atomic E-state index is 12.6. The van der Waals surface area contributed by atoms with E-state index in [1.54, 1.807) is 26.0 Å². The first kappa shape index (κ1) is 21.5. The monoisotopic (exact) mass is 421 g/mol. The van der Waals surface area contributed by atoms with E-state index in [1.807, 2.05) is 0 Å². The predicted molar refractivity (Wildman–Crippen MR) is 98.1 cm³/mol. The molecule has 0 atom stereocenters. The van der Waals surface area contributed by atoms with E-state index in [-0.39, 0.29) is 22.3 Å². The third kappa shape index (κ3) is 5.12. The molecule has 0 aliphatic carbocycles. The van der Waals surface area contributed by atoms with E-state index in [4.69, 9.17) is 11.6 Å². The van der Waals surface area contributed by atoms with Crippen LogP contribution in [0.15, 0.2) is 41.4 Å². The van der Waals surface area contributed by atoms with Gasteiger partial charge in [0, 0.05) is 25.8 Å². The van der Waals surface area contributed by atoms with Crippen molar-refractivity contribution in [3.05, 3.63) is 52.7 Å². The van der Waals surface area contributed by atoms with Gasteiger partial charge in [-0.25, -0.2) is 13.4 Å². The van der Waals surface area contributed by atoms with Gasteiger partial charge in [0.1, 0.15) is 5.82 Å². The summed E-state index contributed by atoms with van der Waals surface area (Å²) in [5, 5.41) is 2.69. The molecule has 1 aromatic carbocycles. The second kappa shape index (κ2) is 8.45. The Morgan fingerprint density at radius 3 is 2.22 bits per heavy atom. The Morgan fingerprint density at radius 1 is 1.15 bits per heavy atom. The van der Waals surface area contributed by atoms with Gasteiger partial charge in [-0.05, 0) is 23.8 Å². The zero-order valence-corrected chi connectivity index (χ0v) is 16.3. The average Bonchev–Trinajstić information content (AvgIpc) is 2.61. The third-order valence-corrected chi connectivity index (χ3v) is 6.25. The fourth-order valence-electron chi connectivity index (χ4n) is 2.40. The minimum absolute atomic E-state index is 0.115. The van der Waals surface area contributed by atoms with Gasteiger partial charge in [-0.1, -0.05) is 37.6 Å². The van der Waals surface area contributed by atoms with Gasteiger partial charge < -0.3 is 5.32 Å². The number of rotatable bonds is 7. The van der Waals surface area contributed by atoms with E-state index in [9.17, 15) is 21.6 Å². The lowest BCUT2D eigenvalue weighted by molar-refractivity contribution is -0.137. The van der Waals surface area contributed by atoms with Gasteiger partial charge in [0.05, 0.1) is 15.5 Å². The SMILES string of the molecule is CCN(CC)S(=O)(=O)c1ccc(CNc2ncc(C(F)(F)F)cc2Cl)cc1. The van der Waals surface area contributed by atoms with E-state index >= 15 is 0 Å². The molecule has 0 saturated heterocycles. The zero-order valence-electron chi connectivity index (χ0n) is 14.7. The van der Waals surface area contributed by atoms with Crippen LogP contribution >= 0.6 is 11.6 Å². The quantitative estimate of drug-likeness (QED) is 0.720. The number of halogens is 4. The molecule has 2 aromatic rings. The van der Waals surface area contributed by atoms with Crippen LogP contribution in [0.3, 0.4) is 0 Å². The van der Waals surface area contributed by atoms with E-state index < -0.39 is 21.8 Å². The van der Waals surface area contributed by atoms with E-state index in [0.717, 1.165) is 11.6 Å². The van der Waals surface area contributed by atoms with Crippen molar-refractivity contribution in [3.8, 4) is 0 Å². The van der Waals surface area contributed by atoms with Gasteiger partial charge in [-0.15, -0.1) is 0 Å². The molecule has 0 amide bonds. The summed E-state index contributed by atoms with van der Waals surface area (Å²) in [7, 11) is -3.54. The molecule has 1 heterocycles. The van der Waals surface area contributed by atoms with Crippen LogP contribution in [0.1, 0.15) is 25.0 Å². The van der Waals surface area contributed by atoms with E-state index in [1.165, 1.54) is 16.4 Å². The molecule has 1 N–H and O–H groups in total. The maximum Gasteiger partial charge on any atom is 0.417 e. The summed E-state index contributed by atoms with van der Waals surface area (Å²) < 4.78 is 64.1. The molecule has 0 saturated carbocycles. The fraction of sp³-hybridized carbons (Fsp3) is 0.353. The molecule has 27 heavy (non-hydrogen) atoms. The van der Waals surface area contributed by atoms with Crippen LogP contribution in [0.4, 0.5) is 19.0 Å². The molecule has 2 rings (SSSR count). The number of aromatic nitrogens is 1. The summed E-state index contributed by atoms with van der Waals surface area (Å²) in [6.45, 7) is 4.50. The highest BCUT2D eigenvalue weighted by Gasteiger charge is 2.31. The Morgan fingerprint density at radius 2 is 1.74 bits per heavy atom. The summed E-state index contributed by atoms with van der Waals surface area (Å²) in [4.78, 5) is 3.88. The van der Waals surface area contributed by atoms with Gasteiger partial charge in [0.25, 0.3) is 0 Å². The number of benzene rings is 1. The molecule has 0 bridgehead atoms. The number of pyridine rings is 1. The second-order valence-corrected chi connectivity index (χ2v) is 7.98. The van der Waals surface area contributed by atoms with Crippen molar-refractivity contribution in [2.24, 2.45) is 0 Å². The number of anilines is 1. The van der Waals surface area contributed by atoms with Gasteiger partial charge in [-0.2, -0.15) is 17.5 Å². The largest absolute Gasteiger partial charge is 0.417 e. The molecule has 1 aromatic heterocycles. The van der Waals surface area contributed by atoms with Crippen LogP contribution in [0, 0.1) is 0 Å². The molecule has 0 aliphatic heterocycles. The van der Waals surface area contributed by atoms with Gasteiger partial charge in [0.2, 0.25) is 10.0 Å². The Kier molecular flexibility index (Phi) is 6.72. The molecule has 148 valence electrons. The number of hydrogen-bond donors (Lipinski definition) is 1. The van der Waals surface area contributed by atoms with Crippen LogP contribution in [0.25, 0.3) is 0 Å². The maximum absolute atomic E-state index is 12.6. The van der Waals surface area contributed by atoms with Crippen LogP contribution in [0.2, 0.25) is 5.02 Å². The second-order valence-electron chi connectivity index (χ2n) is 5.64. The highest BCUT2D eigenvalue weighted by atomic mass is 35.5. The Labute approximate surface area is 161 Å². The topological polar surface area (TPSA) is 62.3 Å². The average molecular weight is 422 g/mol. The predicted octanol–water partition coefficient (Wildman–Crippen LogP) is 4.40. The highest BCUT2D eigenvalue weighted by molar-refractivity contribution is 7.89. The van der Waals surface area contributed by atoms with Crippen molar-refractivity contribution >= 4 is 27.4 Å². The Bertz CT molecular complexity index is 883. The van der Waals surface area contributed by atoms with Crippen molar-refractivity contribution < 1.29 is 21.6 Å². The number of alkyl halides is 3. The van der Waals surface area contributed by atoms with Gasteiger partial charge in [-0.3, -0.25) is 0 Å². The van der Waals surface area contributed by atoms with Crippen molar-refractivity contribution in [2.45, 2.75) is 31.5 Å². The first-order valence-corrected chi connectivity index (χ1v) is 9.97. The Hall–Kier alpha value is -1.84. The van der Waals surface area contributed by atoms with Crippen molar-refractivity contribution in [1.29, 1.82) is 0 Å². The Balaban J connectivity index is 2.10. The zero-order chi connectivity index (χ0) is 20.2. The standard InChI is InChI=1S/C17H19ClF3N3O2S/c1-3-24(4-2)27(25,26)14-7-5-12(6-8-14)10-22-16-15(18)9-13(11-23-16)17(19,20)21/h5-9,11H,3-4,10H2,1-2H3,(H,22,23). The molecule has 0 radical (unpaired) electrons. The minimum atomic E-state index is -4.51. The lowest BCUT2D eigenvalue weighted by Gasteiger charge is -2.18. The van der Waals surface area contributed by atoms with E-state index in [0.29, 0.717) is 19.3 Å². The van der Waals surface area contributed by atoms with Crippen LogP contribution in [-0.2, 0) is 22.7 Å². The summed E-state index contributed by atoms with van der Waals surface area (Å²) >= 11 is 5.84. The number of hydrogen-bond acceptors (Lipinski definition) is 4. The van der Waals surface area contributed by atoms with Crippen LogP contribution in [0.5, 0.6) is 0 Å². The third-order valence-electron chi connectivity index (χ3n) is 3.90. The molecule has 0 aliphatic rings. The lowest BCUT2D eigenvalue weighted by Crippen LogP contribution is -2.30. The number of nitrogens with zero attached hydrogens (tertiary/aromatic N) is 2. The van der Waals surface area contributed by atoms with Crippen molar-refractivity contribution in [2.75, 3.05) is 18.4 Å². The normalized spacial score (nSPS) is 12.4. The molecule has 0 spiro atoms. The molecule has 10 heteroatoms. The highest BCUT2D eigenvalue weighted by Crippen LogP contribution is 2.32. The lowest BCUT2D eigenvalue weighted by atomic mass is 10.2. The van der Waals surface area contributed by atoms with Gasteiger partial charge >= 0.3 is 6.18 Å². The summed E-state index contributed by atoms with van der Waals surface area (Å²) in [6, 6.07) is 7.04.